The summed E-state index contributed by atoms with van der Waals surface area (Å²) in [6.07, 6.45) is -10.00. The quantitative estimate of drug-likeness (QED) is 0.229. The fourth-order valence-electron chi connectivity index (χ4n) is 3.06. The molecule has 0 aliphatic heterocycles. The van der Waals surface area contributed by atoms with Gasteiger partial charge in [0.15, 0.2) is 0 Å². The Kier molecular flexibility index (Phi) is 5.34. The molecule has 0 saturated heterocycles. The standard InChI is InChI=1S/C21H8F6O7/c22-20(23,24)33-11-1-3-15-9(5-11)7-13(18(29)31-15)17(28)14-8-10-6-12(34-21(25,26)27)2-4-16(10)32-19(14)30/h1-8H. The molecule has 176 valence electrons. The van der Waals surface area contributed by atoms with Gasteiger partial charge in [-0.15, -0.1) is 26.3 Å². The van der Waals surface area contributed by atoms with Crippen molar-refractivity contribution in [1.82, 2.24) is 0 Å². The number of fused-ring (bicyclic) bond motifs is 2. The molecule has 0 N–H and O–H groups in total. The molecule has 0 spiro atoms. The number of rotatable bonds is 4. The highest BCUT2D eigenvalue weighted by atomic mass is 19.4. The fourth-order valence-corrected chi connectivity index (χ4v) is 3.06. The van der Waals surface area contributed by atoms with Crippen LogP contribution in [0.5, 0.6) is 11.5 Å². The molecule has 34 heavy (non-hydrogen) atoms. The molecule has 0 radical (unpaired) electrons. The highest BCUT2D eigenvalue weighted by Gasteiger charge is 2.32. The van der Waals surface area contributed by atoms with Crippen molar-refractivity contribution in [3.05, 3.63) is 80.5 Å². The monoisotopic (exact) mass is 486 g/mol. The summed E-state index contributed by atoms with van der Waals surface area (Å²) in [6.45, 7) is 0. The van der Waals surface area contributed by atoms with E-state index in [0.29, 0.717) is 0 Å². The Labute approximate surface area is 182 Å². The van der Waals surface area contributed by atoms with Crippen LogP contribution >= 0.6 is 0 Å². The molecule has 4 aromatic rings. The van der Waals surface area contributed by atoms with E-state index >= 15 is 0 Å². The van der Waals surface area contributed by atoms with Gasteiger partial charge in [-0.25, -0.2) is 9.59 Å². The minimum atomic E-state index is -5.00. The van der Waals surface area contributed by atoms with Gasteiger partial charge in [0.05, 0.1) is 0 Å². The van der Waals surface area contributed by atoms with Crippen LogP contribution in [0.2, 0.25) is 0 Å². The maximum absolute atomic E-state index is 12.9. The first-order chi connectivity index (χ1) is 15.8. The number of carbonyl (C=O) groups excluding carboxylic acids is 1. The maximum Gasteiger partial charge on any atom is 0.573 e. The van der Waals surface area contributed by atoms with E-state index in [2.05, 4.69) is 9.47 Å². The average molecular weight is 486 g/mol. The molecule has 4 rings (SSSR count). The normalized spacial score (nSPS) is 12.2. The molecule has 2 aromatic carbocycles. The third kappa shape index (κ3) is 4.87. The molecule has 7 nitrogen and oxygen atoms in total. The summed E-state index contributed by atoms with van der Waals surface area (Å²) in [4.78, 5) is 37.4. The summed E-state index contributed by atoms with van der Waals surface area (Å²) in [5.74, 6) is -2.54. The SMILES string of the molecule is O=C(c1cc2cc(OC(F)(F)F)ccc2oc1=O)c1cc2cc(OC(F)(F)F)ccc2oc1=O. The van der Waals surface area contributed by atoms with E-state index < -0.39 is 52.4 Å². The van der Waals surface area contributed by atoms with Gasteiger partial charge >= 0.3 is 24.0 Å². The van der Waals surface area contributed by atoms with Crippen LogP contribution < -0.4 is 20.7 Å². The lowest BCUT2D eigenvalue weighted by molar-refractivity contribution is -0.275. The van der Waals surface area contributed by atoms with Crippen LogP contribution in [0.15, 0.2) is 67.0 Å². The Morgan fingerprint density at radius 1 is 0.647 bits per heavy atom. The number of hydrogen-bond acceptors (Lipinski definition) is 7. The predicted octanol–water partition coefficient (Wildman–Crippen LogP) is 4.93. The van der Waals surface area contributed by atoms with E-state index in [-0.39, 0.29) is 21.9 Å². The largest absolute Gasteiger partial charge is 0.573 e. The van der Waals surface area contributed by atoms with Crippen molar-refractivity contribution in [2.45, 2.75) is 12.7 Å². The van der Waals surface area contributed by atoms with E-state index in [0.717, 1.165) is 48.5 Å². The Morgan fingerprint density at radius 3 is 1.38 bits per heavy atom. The van der Waals surface area contributed by atoms with Crippen LogP contribution in [0.3, 0.4) is 0 Å². The van der Waals surface area contributed by atoms with Crippen molar-refractivity contribution in [2.24, 2.45) is 0 Å². The first-order valence-electron chi connectivity index (χ1n) is 9.01. The smallest absolute Gasteiger partial charge is 0.422 e. The molecule has 0 fully saturated rings. The Bertz CT molecular complexity index is 1430. The van der Waals surface area contributed by atoms with Gasteiger partial charge in [0.1, 0.15) is 33.8 Å². The summed E-state index contributed by atoms with van der Waals surface area (Å²) >= 11 is 0. The Morgan fingerprint density at radius 2 is 1.03 bits per heavy atom. The van der Waals surface area contributed by atoms with Crippen LogP contribution in [0.1, 0.15) is 15.9 Å². The van der Waals surface area contributed by atoms with Gasteiger partial charge in [-0.3, -0.25) is 4.79 Å². The van der Waals surface area contributed by atoms with Crippen molar-refractivity contribution in [3.63, 3.8) is 0 Å². The lowest BCUT2D eigenvalue weighted by Gasteiger charge is -2.10. The van der Waals surface area contributed by atoms with Gasteiger partial charge < -0.3 is 18.3 Å². The lowest BCUT2D eigenvalue weighted by atomic mass is 10.0. The number of ether oxygens (including phenoxy) is 2. The lowest BCUT2D eigenvalue weighted by Crippen LogP contribution is -2.21. The molecule has 13 heteroatoms. The zero-order valence-electron chi connectivity index (χ0n) is 16.2. The highest BCUT2D eigenvalue weighted by Crippen LogP contribution is 2.28. The average Bonchev–Trinajstić information content (AvgIpc) is 2.70. The summed E-state index contributed by atoms with van der Waals surface area (Å²) in [6, 6.07) is 7.28. The third-order valence-corrected chi connectivity index (χ3v) is 4.36. The Hall–Kier alpha value is -4.29. The van der Waals surface area contributed by atoms with E-state index in [1.807, 2.05) is 0 Å². The van der Waals surface area contributed by atoms with Gasteiger partial charge in [-0.1, -0.05) is 0 Å². The summed E-state index contributed by atoms with van der Waals surface area (Å²) in [5.41, 5.74) is -4.23. The molecule has 0 amide bonds. The number of hydrogen-bond donors (Lipinski definition) is 0. The number of carbonyl (C=O) groups is 1. The van der Waals surface area contributed by atoms with Gasteiger partial charge in [0.2, 0.25) is 5.78 Å². The van der Waals surface area contributed by atoms with Gasteiger partial charge in [-0.05, 0) is 48.5 Å². The number of alkyl halides is 6. The van der Waals surface area contributed by atoms with Crippen molar-refractivity contribution in [3.8, 4) is 11.5 Å². The first kappa shape index (κ1) is 22.9. The minimum Gasteiger partial charge on any atom is -0.422 e. The second-order valence-electron chi connectivity index (χ2n) is 6.72. The van der Waals surface area contributed by atoms with E-state index in [1.54, 1.807) is 0 Å². The zero-order chi connectivity index (χ0) is 24.8. The van der Waals surface area contributed by atoms with Crippen molar-refractivity contribution in [2.75, 3.05) is 0 Å². The Balaban J connectivity index is 1.79. The summed E-state index contributed by atoms with van der Waals surface area (Å²) in [5, 5.41) is -0.258. The molecule has 0 saturated carbocycles. The third-order valence-electron chi connectivity index (χ3n) is 4.36. The molecule has 2 aromatic heterocycles. The van der Waals surface area contributed by atoms with E-state index in [9.17, 15) is 40.7 Å². The molecule has 0 bridgehead atoms. The topological polar surface area (TPSA) is 95.9 Å². The molecule has 2 heterocycles. The summed E-state index contributed by atoms with van der Waals surface area (Å²) < 4.78 is 92.2. The molecule has 0 atom stereocenters. The fraction of sp³-hybridized carbons (Fsp3) is 0.0952. The van der Waals surface area contributed by atoms with Crippen LogP contribution in [-0.2, 0) is 0 Å². The van der Waals surface area contributed by atoms with Crippen molar-refractivity contribution < 1.29 is 49.4 Å². The van der Waals surface area contributed by atoms with Crippen molar-refractivity contribution >= 4 is 27.7 Å². The molecule has 0 aliphatic rings. The van der Waals surface area contributed by atoms with Crippen molar-refractivity contribution in [1.29, 1.82) is 0 Å². The van der Waals surface area contributed by atoms with Crippen LogP contribution in [0, 0.1) is 0 Å². The summed E-state index contributed by atoms with van der Waals surface area (Å²) in [7, 11) is 0. The van der Waals surface area contributed by atoms with E-state index in [4.69, 9.17) is 8.83 Å². The maximum atomic E-state index is 12.9. The molecule has 0 unspecified atom stereocenters. The molecular formula is C21H8F6O7. The number of benzene rings is 2. The van der Waals surface area contributed by atoms with Crippen LogP contribution in [0.25, 0.3) is 21.9 Å². The minimum absolute atomic E-state index is 0.129. The second kappa shape index (κ2) is 7.93. The van der Waals surface area contributed by atoms with Gasteiger partial charge in [-0.2, -0.15) is 0 Å². The molecule has 0 aliphatic carbocycles. The predicted molar refractivity (Wildman–Crippen MR) is 102 cm³/mol. The van der Waals surface area contributed by atoms with Crippen LogP contribution in [0.4, 0.5) is 26.3 Å². The van der Waals surface area contributed by atoms with Crippen LogP contribution in [-0.4, -0.2) is 18.5 Å². The number of halogens is 6. The molecular weight excluding hydrogens is 478 g/mol. The highest BCUT2D eigenvalue weighted by molar-refractivity contribution is 6.10. The van der Waals surface area contributed by atoms with Gasteiger partial charge in [0, 0.05) is 10.8 Å². The number of ketones is 1. The van der Waals surface area contributed by atoms with Gasteiger partial charge in [0.25, 0.3) is 0 Å². The van der Waals surface area contributed by atoms with E-state index in [1.165, 1.54) is 0 Å². The zero-order valence-corrected chi connectivity index (χ0v) is 16.2. The first-order valence-corrected chi connectivity index (χ1v) is 9.01. The second-order valence-corrected chi connectivity index (χ2v) is 6.72.